The molecule has 0 amide bonds. The van der Waals surface area contributed by atoms with E-state index in [9.17, 15) is 21.2 Å². The Morgan fingerprint density at radius 2 is 1.84 bits per heavy atom. The Kier molecular flexibility index (Phi) is 7.08. The van der Waals surface area contributed by atoms with Crippen LogP contribution in [0, 0.1) is 5.82 Å². The first kappa shape index (κ1) is 22.9. The molecule has 0 saturated carbocycles. The van der Waals surface area contributed by atoms with Crippen molar-refractivity contribution in [1.82, 2.24) is 14.3 Å². The van der Waals surface area contributed by atoms with Crippen molar-refractivity contribution in [2.75, 3.05) is 18.1 Å². The highest BCUT2D eigenvalue weighted by atomic mass is 32.2. The van der Waals surface area contributed by atoms with Crippen molar-refractivity contribution in [3.05, 3.63) is 72.6 Å². The van der Waals surface area contributed by atoms with Crippen LogP contribution in [0.1, 0.15) is 12.5 Å². The van der Waals surface area contributed by atoms with Gasteiger partial charge in [-0.1, -0.05) is 13.0 Å². The third kappa shape index (κ3) is 6.12. The van der Waals surface area contributed by atoms with Crippen LogP contribution >= 0.6 is 0 Å². The summed E-state index contributed by atoms with van der Waals surface area (Å²) in [5, 5.41) is 0. The van der Waals surface area contributed by atoms with E-state index in [0.29, 0.717) is 17.0 Å². The van der Waals surface area contributed by atoms with E-state index >= 15 is 0 Å². The maximum Gasteiger partial charge on any atom is 0.240 e. The smallest absolute Gasteiger partial charge is 0.240 e. The van der Waals surface area contributed by atoms with Crippen molar-refractivity contribution in [2.24, 2.45) is 0 Å². The molecule has 0 aliphatic heterocycles. The minimum absolute atomic E-state index is 0.0107. The monoisotopic (exact) mass is 467 g/mol. The maximum absolute atomic E-state index is 14.3. The lowest BCUT2D eigenvalue weighted by atomic mass is 10.2. The van der Waals surface area contributed by atoms with Gasteiger partial charge < -0.3 is 9.30 Å². The van der Waals surface area contributed by atoms with E-state index in [1.165, 1.54) is 47.4 Å². The molecule has 1 N–H and O–H groups in total. The van der Waals surface area contributed by atoms with Crippen molar-refractivity contribution in [3.8, 4) is 11.4 Å². The molecule has 8 nitrogen and oxygen atoms in total. The molecule has 0 aliphatic carbocycles. The molecule has 11 heteroatoms. The molecule has 3 rings (SSSR count). The zero-order valence-corrected chi connectivity index (χ0v) is 18.4. The quantitative estimate of drug-likeness (QED) is 0.490. The molecule has 3 aromatic rings. The summed E-state index contributed by atoms with van der Waals surface area (Å²) in [6, 6.07) is 10.1. The van der Waals surface area contributed by atoms with Gasteiger partial charge in [0.2, 0.25) is 10.0 Å². The highest BCUT2D eigenvalue weighted by Gasteiger charge is 2.15. The maximum atomic E-state index is 14.3. The van der Waals surface area contributed by atoms with Crippen molar-refractivity contribution in [2.45, 2.75) is 18.4 Å². The number of halogens is 1. The Labute approximate surface area is 180 Å². The Bertz CT molecular complexity index is 1230. The zero-order valence-electron chi connectivity index (χ0n) is 16.7. The van der Waals surface area contributed by atoms with Gasteiger partial charge in [0.1, 0.15) is 18.2 Å². The normalized spacial score (nSPS) is 12.1. The molecule has 166 valence electrons. The van der Waals surface area contributed by atoms with Crippen LogP contribution in [0.15, 0.2) is 66.1 Å². The number of aromatic nitrogens is 2. The van der Waals surface area contributed by atoms with Crippen LogP contribution < -0.4 is 9.46 Å². The predicted octanol–water partition coefficient (Wildman–Crippen LogP) is 2.30. The lowest BCUT2D eigenvalue weighted by Gasteiger charge is -2.10. The van der Waals surface area contributed by atoms with Crippen LogP contribution in [0.3, 0.4) is 0 Å². The second-order valence-corrected chi connectivity index (χ2v) is 10.9. The van der Waals surface area contributed by atoms with Crippen molar-refractivity contribution >= 4 is 19.9 Å². The summed E-state index contributed by atoms with van der Waals surface area (Å²) in [7, 11) is -6.96. The number of hydrogen-bond donors (Lipinski definition) is 1. The molecule has 0 aliphatic rings. The number of rotatable bonds is 10. The molecule has 0 saturated heterocycles. The van der Waals surface area contributed by atoms with Crippen molar-refractivity contribution in [1.29, 1.82) is 0 Å². The Hall–Kier alpha value is -2.76. The van der Waals surface area contributed by atoms with E-state index in [1.54, 1.807) is 25.3 Å². The summed E-state index contributed by atoms with van der Waals surface area (Å²) in [5.74, 6) is -0.208. The first-order chi connectivity index (χ1) is 14.7. The fourth-order valence-electron chi connectivity index (χ4n) is 2.68. The van der Waals surface area contributed by atoms with Gasteiger partial charge >= 0.3 is 0 Å². The molecule has 0 bridgehead atoms. The average molecular weight is 468 g/mol. The van der Waals surface area contributed by atoms with Gasteiger partial charge in [-0.05, 0) is 42.0 Å². The van der Waals surface area contributed by atoms with E-state index in [2.05, 4.69) is 9.71 Å². The summed E-state index contributed by atoms with van der Waals surface area (Å²) >= 11 is 0. The molecule has 31 heavy (non-hydrogen) atoms. The van der Waals surface area contributed by atoms with Gasteiger partial charge in [0.15, 0.2) is 9.84 Å². The Morgan fingerprint density at radius 3 is 2.45 bits per heavy atom. The lowest BCUT2D eigenvalue weighted by Crippen LogP contribution is -2.23. The number of hydrogen-bond acceptors (Lipinski definition) is 6. The summed E-state index contributed by atoms with van der Waals surface area (Å²) in [6.45, 7) is 1.46. The van der Waals surface area contributed by atoms with E-state index in [4.69, 9.17) is 4.74 Å². The van der Waals surface area contributed by atoms with E-state index in [1.807, 2.05) is 0 Å². The van der Waals surface area contributed by atoms with Crippen molar-refractivity contribution in [3.63, 3.8) is 0 Å². The van der Waals surface area contributed by atoms with Crippen LogP contribution in [-0.4, -0.2) is 44.5 Å². The molecule has 1 heterocycles. The predicted molar refractivity (Wildman–Crippen MR) is 114 cm³/mol. The topological polar surface area (TPSA) is 107 Å². The Morgan fingerprint density at radius 1 is 1.10 bits per heavy atom. The van der Waals surface area contributed by atoms with Crippen LogP contribution in [0.5, 0.6) is 5.75 Å². The minimum atomic E-state index is -3.83. The number of nitrogens with zero attached hydrogens (tertiary/aromatic N) is 2. The van der Waals surface area contributed by atoms with E-state index < -0.39 is 25.7 Å². The van der Waals surface area contributed by atoms with E-state index in [0.717, 1.165) is 0 Å². The number of sulfone groups is 1. The van der Waals surface area contributed by atoms with Gasteiger partial charge in [0.05, 0.1) is 22.7 Å². The lowest BCUT2D eigenvalue weighted by molar-refractivity contribution is 0.340. The van der Waals surface area contributed by atoms with Crippen LogP contribution in [0.4, 0.5) is 4.39 Å². The highest BCUT2D eigenvalue weighted by molar-refractivity contribution is 7.91. The molecule has 2 aromatic carbocycles. The highest BCUT2D eigenvalue weighted by Crippen LogP contribution is 2.18. The molecule has 0 radical (unpaired) electrons. The third-order valence-electron chi connectivity index (χ3n) is 4.50. The molecule has 0 fully saturated rings. The summed E-state index contributed by atoms with van der Waals surface area (Å²) in [4.78, 5) is 3.88. The van der Waals surface area contributed by atoms with E-state index in [-0.39, 0.29) is 29.6 Å². The second-order valence-electron chi connectivity index (χ2n) is 6.64. The standard InChI is InChI=1S/C20H22FN3O5S2/c1-2-30(25,26)12-11-29-17-4-6-18(7-5-17)31(27,28)23-14-16-3-8-20(19(21)13-16)24-10-9-22-15-24/h3-10,13,15,23H,2,11-12,14H2,1H3. The first-order valence-corrected chi connectivity index (χ1v) is 12.7. The molecule has 0 spiro atoms. The van der Waals surface area contributed by atoms with Gasteiger partial charge in [0, 0.05) is 24.7 Å². The summed E-state index contributed by atoms with van der Waals surface area (Å²) in [6.07, 6.45) is 4.61. The van der Waals surface area contributed by atoms with Crippen LogP contribution in [0.25, 0.3) is 5.69 Å². The van der Waals surface area contributed by atoms with Crippen LogP contribution in [-0.2, 0) is 26.4 Å². The van der Waals surface area contributed by atoms with Crippen LogP contribution in [0.2, 0.25) is 0 Å². The number of sulfonamides is 1. The SMILES string of the molecule is CCS(=O)(=O)CCOc1ccc(S(=O)(=O)NCc2ccc(-n3ccnc3)c(F)c2)cc1. The minimum Gasteiger partial charge on any atom is -0.493 e. The zero-order chi connectivity index (χ0) is 22.5. The first-order valence-electron chi connectivity index (χ1n) is 9.40. The summed E-state index contributed by atoms with van der Waals surface area (Å²) < 4.78 is 71.6. The number of imidazole rings is 1. The molecule has 0 atom stereocenters. The average Bonchev–Trinajstić information content (AvgIpc) is 3.27. The summed E-state index contributed by atoms with van der Waals surface area (Å²) in [5.41, 5.74) is 0.772. The van der Waals surface area contributed by atoms with Gasteiger partial charge in [-0.25, -0.2) is 30.9 Å². The molecule has 1 aromatic heterocycles. The van der Waals surface area contributed by atoms with Gasteiger partial charge in [0.25, 0.3) is 0 Å². The van der Waals surface area contributed by atoms with Gasteiger partial charge in [-0.15, -0.1) is 0 Å². The fraction of sp³-hybridized carbons (Fsp3) is 0.250. The number of benzene rings is 2. The third-order valence-corrected chi connectivity index (χ3v) is 7.58. The van der Waals surface area contributed by atoms with Gasteiger partial charge in [-0.3, -0.25) is 0 Å². The number of nitrogens with one attached hydrogen (secondary N) is 1. The largest absolute Gasteiger partial charge is 0.493 e. The fourth-order valence-corrected chi connectivity index (χ4v) is 4.32. The number of ether oxygens (including phenoxy) is 1. The molecule has 0 unspecified atom stereocenters. The molecular formula is C20H22FN3O5S2. The Balaban J connectivity index is 1.60. The second kappa shape index (κ2) is 9.58. The van der Waals surface area contributed by atoms with Crippen molar-refractivity contribution < 1.29 is 26.0 Å². The van der Waals surface area contributed by atoms with Gasteiger partial charge in [-0.2, -0.15) is 0 Å². The molecular weight excluding hydrogens is 445 g/mol.